The van der Waals surface area contributed by atoms with Gasteiger partial charge in [0.15, 0.2) is 5.69 Å². The van der Waals surface area contributed by atoms with E-state index in [0.29, 0.717) is 23.7 Å². The van der Waals surface area contributed by atoms with Crippen LogP contribution in [-0.2, 0) is 6.54 Å². The van der Waals surface area contributed by atoms with Crippen molar-refractivity contribution in [1.29, 1.82) is 0 Å². The number of rotatable bonds is 4. The van der Waals surface area contributed by atoms with Gasteiger partial charge in [-0.05, 0) is 12.1 Å². The lowest BCUT2D eigenvalue weighted by Gasteiger charge is -2.04. The van der Waals surface area contributed by atoms with Crippen LogP contribution in [0, 0.1) is 5.82 Å². The smallest absolute Gasteiger partial charge is 0.248 e. The summed E-state index contributed by atoms with van der Waals surface area (Å²) in [5.74, 6) is 0.202. The Morgan fingerprint density at radius 2 is 1.61 bits per heavy atom. The van der Waals surface area contributed by atoms with Crippen molar-refractivity contribution in [1.82, 2.24) is 14.8 Å². The number of hydrogen-bond donors (Lipinski definition) is 0. The molecule has 0 unspecified atom stereocenters. The Bertz CT molecular complexity index is 1260. The van der Waals surface area contributed by atoms with E-state index in [-0.39, 0.29) is 5.82 Å². The molecule has 5 aromatic rings. The molecule has 0 aliphatic carbocycles. The Hall–Kier alpha value is -3.73. The fourth-order valence-electron chi connectivity index (χ4n) is 3.32. The lowest BCUT2D eigenvalue weighted by Crippen LogP contribution is -2.03. The third kappa shape index (κ3) is 2.87. The van der Waals surface area contributed by atoms with Gasteiger partial charge in [0.25, 0.3) is 0 Å². The van der Waals surface area contributed by atoms with Crippen molar-refractivity contribution in [3.8, 4) is 22.8 Å². The zero-order chi connectivity index (χ0) is 18.9. The van der Waals surface area contributed by atoms with Gasteiger partial charge in [0.1, 0.15) is 17.8 Å². The summed E-state index contributed by atoms with van der Waals surface area (Å²) in [7, 11) is 0. The van der Waals surface area contributed by atoms with E-state index in [4.69, 9.17) is 9.52 Å². The van der Waals surface area contributed by atoms with Gasteiger partial charge in [0, 0.05) is 16.5 Å². The third-order valence-corrected chi connectivity index (χ3v) is 4.71. The molecule has 0 aliphatic heterocycles. The maximum absolute atomic E-state index is 14.1. The van der Waals surface area contributed by atoms with Gasteiger partial charge in [0.05, 0.1) is 12.1 Å². The summed E-state index contributed by atoms with van der Waals surface area (Å²) in [6, 6.07) is 24.4. The summed E-state index contributed by atoms with van der Waals surface area (Å²) in [5, 5.41) is 5.61. The minimum atomic E-state index is -0.244. The van der Waals surface area contributed by atoms with Crippen molar-refractivity contribution in [2.45, 2.75) is 6.54 Å². The molecule has 5 heteroatoms. The summed E-state index contributed by atoms with van der Waals surface area (Å²) in [5.41, 5.74) is 3.87. The van der Waals surface area contributed by atoms with E-state index in [2.05, 4.69) is 4.98 Å². The molecule has 0 aliphatic rings. The maximum Gasteiger partial charge on any atom is 0.248 e. The number of hydrogen-bond acceptors (Lipinski definition) is 3. The number of nitrogens with zero attached hydrogens (tertiary/aromatic N) is 3. The van der Waals surface area contributed by atoms with E-state index in [1.54, 1.807) is 23.1 Å². The molecule has 0 saturated carbocycles. The minimum absolute atomic E-state index is 0.244. The van der Waals surface area contributed by atoms with Crippen LogP contribution in [-0.4, -0.2) is 14.8 Å². The highest BCUT2D eigenvalue weighted by atomic mass is 19.1. The predicted octanol–water partition coefficient (Wildman–Crippen LogP) is 5.55. The molecule has 3 aromatic carbocycles. The van der Waals surface area contributed by atoms with E-state index < -0.39 is 0 Å². The minimum Gasteiger partial charge on any atom is -0.443 e. The SMILES string of the molecule is Fc1ccccc1Cn1nc(-c2nc(-c3ccccc3)co2)c2ccccc21. The van der Waals surface area contributed by atoms with Crippen LogP contribution in [0.3, 0.4) is 0 Å². The molecular formula is C23H16FN3O. The van der Waals surface area contributed by atoms with Crippen molar-refractivity contribution in [2.24, 2.45) is 0 Å². The Morgan fingerprint density at radius 3 is 2.46 bits per heavy atom. The number of aromatic nitrogens is 3. The van der Waals surface area contributed by atoms with Gasteiger partial charge in [0.2, 0.25) is 5.89 Å². The van der Waals surface area contributed by atoms with Crippen LogP contribution in [0.4, 0.5) is 4.39 Å². The predicted molar refractivity (Wildman–Crippen MR) is 106 cm³/mol. The van der Waals surface area contributed by atoms with Crippen molar-refractivity contribution < 1.29 is 8.81 Å². The van der Waals surface area contributed by atoms with Gasteiger partial charge in [-0.1, -0.05) is 66.7 Å². The highest BCUT2D eigenvalue weighted by molar-refractivity contribution is 5.91. The van der Waals surface area contributed by atoms with Crippen molar-refractivity contribution >= 4 is 10.9 Å². The van der Waals surface area contributed by atoms with Crippen LogP contribution in [0.2, 0.25) is 0 Å². The molecule has 2 heterocycles. The number of halogens is 1. The van der Waals surface area contributed by atoms with E-state index >= 15 is 0 Å². The molecule has 0 bridgehead atoms. The van der Waals surface area contributed by atoms with Gasteiger partial charge >= 0.3 is 0 Å². The first-order valence-electron chi connectivity index (χ1n) is 9.00. The van der Waals surface area contributed by atoms with Crippen LogP contribution in [0.15, 0.2) is 89.5 Å². The van der Waals surface area contributed by atoms with Crippen LogP contribution in [0.1, 0.15) is 5.56 Å². The molecule has 5 rings (SSSR count). The number of oxazole rings is 1. The largest absolute Gasteiger partial charge is 0.443 e. The van der Waals surface area contributed by atoms with Crippen molar-refractivity contribution in [3.05, 3.63) is 96.5 Å². The standard InChI is InChI=1S/C23H16FN3O/c24-19-12-6-4-10-17(19)14-27-21-13-7-5-11-18(21)22(26-27)23-25-20(15-28-23)16-8-2-1-3-9-16/h1-13,15H,14H2. The molecule has 0 saturated heterocycles. The monoisotopic (exact) mass is 369 g/mol. The molecular weight excluding hydrogens is 353 g/mol. The summed E-state index contributed by atoms with van der Waals surface area (Å²) in [6.07, 6.45) is 1.63. The summed E-state index contributed by atoms with van der Waals surface area (Å²) in [4.78, 5) is 4.62. The summed E-state index contributed by atoms with van der Waals surface area (Å²) >= 11 is 0. The Balaban J connectivity index is 1.59. The van der Waals surface area contributed by atoms with Crippen LogP contribution in [0.5, 0.6) is 0 Å². The van der Waals surface area contributed by atoms with Crippen LogP contribution < -0.4 is 0 Å². The second kappa shape index (κ2) is 6.78. The first-order chi connectivity index (χ1) is 13.8. The van der Waals surface area contributed by atoms with E-state index in [1.165, 1.54) is 6.07 Å². The second-order valence-corrected chi connectivity index (χ2v) is 6.52. The lowest BCUT2D eigenvalue weighted by molar-refractivity contribution is 0.567. The van der Waals surface area contributed by atoms with Gasteiger partial charge < -0.3 is 4.42 Å². The number of fused-ring (bicyclic) bond motifs is 1. The second-order valence-electron chi connectivity index (χ2n) is 6.52. The fraction of sp³-hybridized carbons (Fsp3) is 0.0435. The first-order valence-corrected chi connectivity index (χ1v) is 9.00. The third-order valence-electron chi connectivity index (χ3n) is 4.71. The maximum atomic E-state index is 14.1. The van der Waals surface area contributed by atoms with Gasteiger partial charge in [-0.2, -0.15) is 5.10 Å². The fourth-order valence-corrected chi connectivity index (χ4v) is 3.32. The summed E-state index contributed by atoms with van der Waals surface area (Å²) in [6.45, 7) is 0.333. The van der Waals surface area contributed by atoms with Gasteiger partial charge in [-0.3, -0.25) is 4.68 Å². The molecule has 0 atom stereocenters. The Morgan fingerprint density at radius 1 is 0.857 bits per heavy atom. The average Bonchev–Trinajstić information content (AvgIpc) is 3.36. The molecule has 0 amide bonds. The Labute approximate surface area is 160 Å². The molecule has 0 fully saturated rings. The average molecular weight is 369 g/mol. The van der Waals surface area contributed by atoms with Gasteiger partial charge in [-0.15, -0.1) is 0 Å². The highest BCUT2D eigenvalue weighted by Gasteiger charge is 2.18. The molecule has 28 heavy (non-hydrogen) atoms. The molecule has 0 radical (unpaired) electrons. The molecule has 0 N–H and O–H groups in total. The summed E-state index contributed by atoms with van der Waals surface area (Å²) < 4.78 is 21.7. The number of para-hydroxylation sites is 1. The van der Waals surface area contributed by atoms with E-state index in [9.17, 15) is 4.39 Å². The van der Waals surface area contributed by atoms with Gasteiger partial charge in [-0.25, -0.2) is 9.37 Å². The quantitative estimate of drug-likeness (QED) is 0.417. The highest BCUT2D eigenvalue weighted by Crippen LogP contribution is 2.30. The van der Waals surface area contributed by atoms with E-state index in [0.717, 1.165) is 22.2 Å². The molecule has 136 valence electrons. The normalized spacial score (nSPS) is 11.2. The van der Waals surface area contributed by atoms with Crippen LogP contribution in [0.25, 0.3) is 33.7 Å². The first kappa shape index (κ1) is 16.4. The van der Waals surface area contributed by atoms with Crippen molar-refractivity contribution in [2.75, 3.05) is 0 Å². The van der Waals surface area contributed by atoms with Crippen molar-refractivity contribution in [3.63, 3.8) is 0 Å². The zero-order valence-corrected chi connectivity index (χ0v) is 14.9. The zero-order valence-electron chi connectivity index (χ0n) is 14.9. The lowest BCUT2D eigenvalue weighted by atomic mass is 10.2. The molecule has 2 aromatic heterocycles. The number of benzene rings is 3. The topological polar surface area (TPSA) is 43.9 Å². The molecule has 0 spiro atoms. The Kier molecular flexibility index (Phi) is 3.98. The molecule has 4 nitrogen and oxygen atoms in total. The van der Waals surface area contributed by atoms with Crippen LogP contribution >= 0.6 is 0 Å². The van der Waals surface area contributed by atoms with E-state index in [1.807, 2.05) is 60.7 Å².